The second-order valence-corrected chi connectivity index (χ2v) is 8.10. The van der Waals surface area contributed by atoms with Crippen molar-refractivity contribution >= 4 is 28.8 Å². The minimum Gasteiger partial charge on any atom is -0.507 e. The molecule has 1 aliphatic rings. The van der Waals surface area contributed by atoms with Crippen LogP contribution in [-0.2, 0) is 9.59 Å². The molecule has 0 radical (unpaired) electrons. The summed E-state index contributed by atoms with van der Waals surface area (Å²) in [5, 5.41) is 12.9. The van der Waals surface area contributed by atoms with E-state index in [0.717, 1.165) is 17.8 Å². The van der Waals surface area contributed by atoms with Gasteiger partial charge in [0.15, 0.2) is 0 Å². The van der Waals surface area contributed by atoms with Crippen molar-refractivity contribution < 1.29 is 19.4 Å². The predicted molar refractivity (Wildman–Crippen MR) is 114 cm³/mol. The molecule has 0 spiro atoms. The molecule has 6 nitrogen and oxygen atoms in total. The summed E-state index contributed by atoms with van der Waals surface area (Å²) in [5.41, 5.74) is 0.597. The number of hydrogen-bond acceptors (Lipinski definition) is 6. The molecule has 1 fully saturated rings. The van der Waals surface area contributed by atoms with Crippen molar-refractivity contribution in [2.75, 3.05) is 33.8 Å². The Balaban J connectivity index is 2.03. The number of amides is 1. The predicted octanol–water partition coefficient (Wildman–Crippen LogP) is 3.52. The number of ether oxygens (including phenoxy) is 1. The third kappa shape index (κ3) is 4.52. The first-order valence-corrected chi connectivity index (χ1v) is 10.5. The van der Waals surface area contributed by atoms with Crippen LogP contribution < -0.4 is 4.74 Å². The van der Waals surface area contributed by atoms with Gasteiger partial charge >= 0.3 is 0 Å². The zero-order chi connectivity index (χ0) is 21.0. The summed E-state index contributed by atoms with van der Waals surface area (Å²) in [4.78, 5) is 30.2. The zero-order valence-electron chi connectivity index (χ0n) is 16.9. The Kier molecular flexibility index (Phi) is 6.71. The summed E-state index contributed by atoms with van der Waals surface area (Å²) in [6, 6.07) is 10.1. The number of carbonyl (C=O) groups excluding carboxylic acids is 2. The van der Waals surface area contributed by atoms with Gasteiger partial charge in [0.25, 0.3) is 11.7 Å². The lowest BCUT2D eigenvalue weighted by Crippen LogP contribution is -2.32. The molecule has 2 heterocycles. The van der Waals surface area contributed by atoms with Gasteiger partial charge in [-0.15, -0.1) is 11.3 Å². The SMILES string of the molecule is CCOc1cccc(/C(O)=C2\C(=O)C(=O)N(CCCN(C)C)C2c2cccs2)c1. The first-order valence-electron chi connectivity index (χ1n) is 9.63. The molecular weight excluding hydrogens is 388 g/mol. The van der Waals surface area contributed by atoms with E-state index >= 15 is 0 Å². The summed E-state index contributed by atoms with van der Waals surface area (Å²) in [7, 11) is 3.94. The van der Waals surface area contributed by atoms with E-state index in [9.17, 15) is 14.7 Å². The van der Waals surface area contributed by atoms with Crippen molar-refractivity contribution in [3.8, 4) is 5.75 Å². The van der Waals surface area contributed by atoms with Crippen molar-refractivity contribution in [1.82, 2.24) is 9.80 Å². The Labute approximate surface area is 175 Å². The lowest BCUT2D eigenvalue weighted by molar-refractivity contribution is -0.139. The second kappa shape index (κ2) is 9.24. The van der Waals surface area contributed by atoms with E-state index in [4.69, 9.17) is 4.74 Å². The fourth-order valence-electron chi connectivity index (χ4n) is 3.47. The molecule has 154 valence electrons. The molecule has 1 aliphatic heterocycles. The van der Waals surface area contributed by atoms with E-state index in [-0.39, 0.29) is 11.3 Å². The summed E-state index contributed by atoms with van der Waals surface area (Å²) in [5.74, 6) is -0.778. The highest BCUT2D eigenvalue weighted by Gasteiger charge is 2.46. The molecular formula is C22H26N2O4S. The highest BCUT2D eigenvalue weighted by Crippen LogP contribution is 2.41. The molecule has 1 aromatic carbocycles. The van der Waals surface area contributed by atoms with E-state index in [1.807, 2.05) is 43.4 Å². The monoisotopic (exact) mass is 414 g/mol. The van der Waals surface area contributed by atoms with Crippen LogP contribution in [0.2, 0.25) is 0 Å². The summed E-state index contributed by atoms with van der Waals surface area (Å²) >= 11 is 1.47. The molecule has 7 heteroatoms. The number of rotatable bonds is 8. The van der Waals surface area contributed by atoms with E-state index in [2.05, 4.69) is 0 Å². The quantitative estimate of drug-likeness (QED) is 0.407. The minimum atomic E-state index is -0.646. The molecule has 1 atom stereocenters. The number of ketones is 1. The van der Waals surface area contributed by atoms with Crippen LogP contribution in [0.1, 0.15) is 29.8 Å². The van der Waals surface area contributed by atoms with Crippen LogP contribution in [-0.4, -0.2) is 60.4 Å². The van der Waals surface area contributed by atoms with Crippen molar-refractivity contribution in [2.24, 2.45) is 0 Å². The van der Waals surface area contributed by atoms with Gasteiger partial charge < -0.3 is 19.6 Å². The number of hydrogen-bond donors (Lipinski definition) is 1. The molecule has 0 saturated carbocycles. The van der Waals surface area contributed by atoms with Gasteiger partial charge in [-0.3, -0.25) is 9.59 Å². The number of benzene rings is 1. The molecule has 3 rings (SSSR count). The molecule has 1 amide bonds. The van der Waals surface area contributed by atoms with Crippen LogP contribution in [0.25, 0.3) is 5.76 Å². The van der Waals surface area contributed by atoms with Crippen molar-refractivity contribution in [3.05, 3.63) is 57.8 Å². The second-order valence-electron chi connectivity index (χ2n) is 7.13. The Hall–Kier alpha value is -2.64. The molecule has 1 N–H and O–H groups in total. The third-order valence-electron chi connectivity index (χ3n) is 4.78. The van der Waals surface area contributed by atoms with Gasteiger partial charge in [0.05, 0.1) is 18.2 Å². The smallest absolute Gasteiger partial charge is 0.295 e. The average molecular weight is 415 g/mol. The van der Waals surface area contributed by atoms with Crippen LogP contribution in [0.4, 0.5) is 0 Å². The van der Waals surface area contributed by atoms with E-state index < -0.39 is 17.7 Å². The van der Waals surface area contributed by atoms with Crippen LogP contribution >= 0.6 is 11.3 Å². The maximum absolute atomic E-state index is 12.9. The van der Waals surface area contributed by atoms with Gasteiger partial charge in [-0.1, -0.05) is 18.2 Å². The summed E-state index contributed by atoms with van der Waals surface area (Å²) < 4.78 is 5.50. The fraction of sp³-hybridized carbons (Fsp3) is 0.364. The minimum absolute atomic E-state index is 0.135. The lowest BCUT2D eigenvalue weighted by Gasteiger charge is -2.24. The number of likely N-dealkylation sites (tertiary alicyclic amines) is 1. The third-order valence-corrected chi connectivity index (χ3v) is 5.70. The van der Waals surface area contributed by atoms with Crippen molar-refractivity contribution in [2.45, 2.75) is 19.4 Å². The topological polar surface area (TPSA) is 70.1 Å². The van der Waals surface area contributed by atoms with E-state index in [0.29, 0.717) is 24.5 Å². The number of carbonyl (C=O) groups is 2. The lowest BCUT2D eigenvalue weighted by atomic mass is 9.99. The summed E-state index contributed by atoms with van der Waals surface area (Å²) in [6.45, 7) is 3.62. The number of Topliss-reactive ketones (excluding diaryl/α,β-unsaturated/α-hetero) is 1. The molecule has 1 aromatic heterocycles. The first-order chi connectivity index (χ1) is 13.9. The number of nitrogens with zero attached hydrogens (tertiary/aromatic N) is 2. The number of aliphatic hydroxyl groups is 1. The highest BCUT2D eigenvalue weighted by atomic mass is 32.1. The Bertz CT molecular complexity index is 905. The normalized spacial score (nSPS) is 18.6. The van der Waals surface area contributed by atoms with Crippen LogP contribution in [0.3, 0.4) is 0 Å². The van der Waals surface area contributed by atoms with Crippen molar-refractivity contribution in [3.63, 3.8) is 0 Å². The molecule has 1 saturated heterocycles. The van der Waals surface area contributed by atoms with Crippen LogP contribution in [0.15, 0.2) is 47.4 Å². The first kappa shape index (κ1) is 21.1. The Morgan fingerprint density at radius 2 is 2.03 bits per heavy atom. The zero-order valence-corrected chi connectivity index (χ0v) is 17.7. The highest BCUT2D eigenvalue weighted by molar-refractivity contribution is 7.10. The van der Waals surface area contributed by atoms with Crippen LogP contribution in [0.5, 0.6) is 5.75 Å². The molecule has 0 aliphatic carbocycles. The standard InChI is InChI=1S/C22H26N2O4S/c1-4-28-16-9-5-8-15(14-16)20(25)18-19(17-10-6-13-29-17)24(22(27)21(18)26)12-7-11-23(2)3/h5-6,8-10,13-14,19,25H,4,7,11-12H2,1-3H3/b20-18+. The molecule has 2 aromatic rings. The van der Waals surface area contributed by atoms with Gasteiger partial charge in [0, 0.05) is 17.0 Å². The van der Waals surface area contributed by atoms with Crippen LogP contribution in [0, 0.1) is 0 Å². The average Bonchev–Trinajstić information content (AvgIpc) is 3.30. The largest absolute Gasteiger partial charge is 0.507 e. The van der Waals surface area contributed by atoms with E-state index in [1.54, 1.807) is 29.2 Å². The number of thiophene rings is 1. The summed E-state index contributed by atoms with van der Waals surface area (Å²) in [6.07, 6.45) is 0.738. The molecule has 1 unspecified atom stereocenters. The Morgan fingerprint density at radius 3 is 2.69 bits per heavy atom. The maximum Gasteiger partial charge on any atom is 0.295 e. The van der Waals surface area contributed by atoms with Gasteiger partial charge in [-0.05, 0) is 57.6 Å². The molecule has 0 bridgehead atoms. The fourth-order valence-corrected chi connectivity index (χ4v) is 4.31. The maximum atomic E-state index is 12.9. The van der Waals surface area contributed by atoms with Gasteiger partial charge in [-0.2, -0.15) is 0 Å². The molecule has 29 heavy (non-hydrogen) atoms. The Morgan fingerprint density at radius 1 is 1.24 bits per heavy atom. The van der Waals surface area contributed by atoms with Gasteiger partial charge in [0.2, 0.25) is 0 Å². The van der Waals surface area contributed by atoms with Gasteiger partial charge in [-0.25, -0.2) is 0 Å². The van der Waals surface area contributed by atoms with Gasteiger partial charge in [0.1, 0.15) is 11.5 Å². The number of aliphatic hydroxyl groups excluding tert-OH is 1. The van der Waals surface area contributed by atoms with E-state index in [1.165, 1.54) is 11.3 Å². The van der Waals surface area contributed by atoms with Crippen molar-refractivity contribution in [1.29, 1.82) is 0 Å².